The van der Waals surface area contributed by atoms with Crippen LogP contribution in [0.4, 0.5) is 0 Å². The van der Waals surface area contributed by atoms with Gasteiger partial charge >= 0.3 is 0 Å². The van der Waals surface area contributed by atoms with Crippen LogP contribution >= 0.6 is 0 Å². The van der Waals surface area contributed by atoms with Crippen molar-refractivity contribution in [2.45, 2.75) is 32.6 Å². The molecule has 3 rings (SSSR count). The van der Waals surface area contributed by atoms with Gasteiger partial charge in [-0.05, 0) is 51.5 Å². The standard InChI is InChI=1S/C21H21NO3S/c1-14-5-9-18(10-6-14)21(23)20-16(3)13-17(4)22(20)26(24,25)19-11-7-15(2)8-12-19/h5-13H,1-4H3. The molecule has 0 saturated heterocycles. The number of hydrogen-bond acceptors (Lipinski definition) is 3. The van der Waals surface area contributed by atoms with Gasteiger partial charge in [-0.1, -0.05) is 47.5 Å². The average molecular weight is 367 g/mol. The lowest BCUT2D eigenvalue weighted by molar-refractivity contribution is 0.103. The van der Waals surface area contributed by atoms with Gasteiger partial charge in [-0.25, -0.2) is 12.4 Å². The van der Waals surface area contributed by atoms with E-state index < -0.39 is 10.0 Å². The summed E-state index contributed by atoms with van der Waals surface area (Å²) >= 11 is 0. The minimum absolute atomic E-state index is 0.166. The number of rotatable bonds is 4. The molecular formula is C21H21NO3S. The Balaban J connectivity index is 2.19. The van der Waals surface area contributed by atoms with Gasteiger partial charge < -0.3 is 0 Å². The van der Waals surface area contributed by atoms with Crippen LogP contribution in [0, 0.1) is 27.7 Å². The van der Waals surface area contributed by atoms with Gasteiger partial charge in [-0.15, -0.1) is 0 Å². The van der Waals surface area contributed by atoms with Gasteiger partial charge in [-0.3, -0.25) is 4.79 Å². The van der Waals surface area contributed by atoms with E-state index in [1.165, 1.54) is 0 Å². The van der Waals surface area contributed by atoms with E-state index in [0.29, 0.717) is 16.8 Å². The third-order valence-electron chi connectivity index (χ3n) is 4.41. The predicted octanol–water partition coefficient (Wildman–Crippen LogP) is 4.19. The first-order valence-corrected chi connectivity index (χ1v) is 9.78. The van der Waals surface area contributed by atoms with Crippen LogP contribution in [0.15, 0.2) is 59.5 Å². The molecule has 0 aliphatic carbocycles. The molecule has 0 spiro atoms. The second-order valence-corrected chi connectivity index (χ2v) is 8.38. The average Bonchev–Trinajstić information content (AvgIpc) is 2.90. The number of carbonyl (C=O) groups is 1. The molecule has 0 aliphatic heterocycles. The molecule has 2 aromatic carbocycles. The molecule has 1 aromatic heterocycles. The lowest BCUT2D eigenvalue weighted by Gasteiger charge is -2.13. The van der Waals surface area contributed by atoms with E-state index >= 15 is 0 Å². The molecular weight excluding hydrogens is 346 g/mol. The summed E-state index contributed by atoms with van der Waals surface area (Å²) in [7, 11) is -3.86. The van der Waals surface area contributed by atoms with Gasteiger partial charge in [0, 0.05) is 11.3 Å². The van der Waals surface area contributed by atoms with Crippen molar-refractivity contribution < 1.29 is 13.2 Å². The maximum Gasteiger partial charge on any atom is 0.268 e. The van der Waals surface area contributed by atoms with Gasteiger partial charge in [0.05, 0.1) is 4.90 Å². The number of ketones is 1. The summed E-state index contributed by atoms with van der Waals surface area (Å²) in [4.78, 5) is 13.2. The van der Waals surface area contributed by atoms with Crippen molar-refractivity contribution in [3.8, 4) is 0 Å². The Labute approximate surface area is 154 Å². The highest BCUT2D eigenvalue weighted by atomic mass is 32.2. The van der Waals surface area contributed by atoms with Gasteiger partial charge in [0.25, 0.3) is 10.0 Å². The molecule has 0 unspecified atom stereocenters. The maximum absolute atomic E-state index is 13.2. The molecule has 134 valence electrons. The molecule has 0 bridgehead atoms. The smallest absolute Gasteiger partial charge is 0.268 e. The number of benzene rings is 2. The van der Waals surface area contributed by atoms with Crippen LogP contribution < -0.4 is 0 Å². The first-order valence-electron chi connectivity index (χ1n) is 8.34. The summed E-state index contributed by atoms with van der Waals surface area (Å²) in [5.74, 6) is -0.300. The summed E-state index contributed by atoms with van der Waals surface area (Å²) in [6.07, 6.45) is 0. The topological polar surface area (TPSA) is 56.1 Å². The minimum Gasteiger partial charge on any atom is -0.287 e. The Morgan fingerprint density at radius 2 is 1.31 bits per heavy atom. The van der Waals surface area contributed by atoms with Crippen molar-refractivity contribution in [1.82, 2.24) is 3.97 Å². The lowest BCUT2D eigenvalue weighted by Crippen LogP contribution is -2.21. The Morgan fingerprint density at radius 3 is 1.85 bits per heavy atom. The zero-order chi connectivity index (χ0) is 19.1. The molecule has 0 N–H and O–H groups in total. The van der Waals surface area contributed by atoms with Crippen LogP contribution in [-0.2, 0) is 10.0 Å². The van der Waals surface area contributed by atoms with Crippen molar-refractivity contribution >= 4 is 15.8 Å². The Hall–Kier alpha value is -2.66. The van der Waals surface area contributed by atoms with E-state index in [-0.39, 0.29) is 16.4 Å². The third kappa shape index (κ3) is 3.10. The van der Waals surface area contributed by atoms with E-state index in [2.05, 4.69) is 0 Å². The molecule has 4 nitrogen and oxygen atoms in total. The van der Waals surface area contributed by atoms with Crippen LogP contribution in [0.25, 0.3) is 0 Å². The number of nitrogens with zero attached hydrogens (tertiary/aromatic N) is 1. The maximum atomic E-state index is 13.2. The van der Waals surface area contributed by atoms with E-state index in [0.717, 1.165) is 15.1 Å². The summed E-state index contributed by atoms with van der Waals surface area (Å²) in [5, 5.41) is 0. The van der Waals surface area contributed by atoms with Gasteiger partial charge in [0.2, 0.25) is 5.78 Å². The lowest BCUT2D eigenvalue weighted by atomic mass is 10.0. The van der Waals surface area contributed by atoms with Crippen LogP contribution in [0.5, 0.6) is 0 Å². The van der Waals surface area contributed by atoms with Crippen LogP contribution in [0.3, 0.4) is 0 Å². The molecule has 0 amide bonds. The Morgan fingerprint density at radius 1 is 0.808 bits per heavy atom. The zero-order valence-corrected chi connectivity index (χ0v) is 16.1. The minimum atomic E-state index is -3.86. The van der Waals surface area contributed by atoms with Gasteiger partial charge in [0.1, 0.15) is 5.69 Å². The van der Waals surface area contributed by atoms with Crippen LogP contribution in [0.1, 0.15) is 38.4 Å². The first kappa shape index (κ1) is 18.1. The quantitative estimate of drug-likeness (QED) is 0.650. The van der Waals surface area contributed by atoms with E-state index in [1.54, 1.807) is 56.3 Å². The van der Waals surface area contributed by atoms with Crippen molar-refractivity contribution in [3.05, 3.63) is 88.2 Å². The molecule has 0 atom stereocenters. The second kappa shape index (κ2) is 6.57. The molecule has 0 radical (unpaired) electrons. The molecule has 1 heterocycles. The zero-order valence-electron chi connectivity index (χ0n) is 15.3. The highest BCUT2D eigenvalue weighted by Crippen LogP contribution is 2.25. The van der Waals surface area contributed by atoms with Crippen molar-refractivity contribution in [1.29, 1.82) is 0 Å². The predicted molar refractivity (Wildman–Crippen MR) is 102 cm³/mol. The second-order valence-electron chi connectivity index (χ2n) is 6.59. The van der Waals surface area contributed by atoms with Crippen molar-refractivity contribution in [3.63, 3.8) is 0 Å². The van der Waals surface area contributed by atoms with E-state index in [1.807, 2.05) is 26.0 Å². The van der Waals surface area contributed by atoms with Crippen LogP contribution in [0.2, 0.25) is 0 Å². The highest BCUT2D eigenvalue weighted by Gasteiger charge is 2.27. The Kier molecular flexibility index (Phi) is 4.59. The summed E-state index contributed by atoms with van der Waals surface area (Å²) in [5.41, 5.74) is 3.82. The monoisotopic (exact) mass is 367 g/mol. The number of aryl methyl sites for hydroxylation is 4. The van der Waals surface area contributed by atoms with Gasteiger partial charge in [0.15, 0.2) is 0 Å². The molecule has 0 fully saturated rings. The third-order valence-corrected chi connectivity index (χ3v) is 6.23. The van der Waals surface area contributed by atoms with Crippen LogP contribution in [-0.4, -0.2) is 18.2 Å². The fourth-order valence-corrected chi connectivity index (χ4v) is 4.61. The summed E-state index contributed by atoms with van der Waals surface area (Å²) < 4.78 is 27.6. The molecule has 26 heavy (non-hydrogen) atoms. The van der Waals surface area contributed by atoms with E-state index in [9.17, 15) is 13.2 Å². The van der Waals surface area contributed by atoms with Crippen molar-refractivity contribution in [2.75, 3.05) is 0 Å². The summed E-state index contributed by atoms with van der Waals surface area (Å²) in [6.45, 7) is 7.29. The number of carbonyl (C=O) groups excluding carboxylic acids is 1. The van der Waals surface area contributed by atoms with Gasteiger partial charge in [-0.2, -0.15) is 0 Å². The largest absolute Gasteiger partial charge is 0.287 e. The number of aromatic nitrogens is 1. The summed E-state index contributed by atoms with van der Waals surface area (Å²) in [6, 6.07) is 15.5. The van der Waals surface area contributed by atoms with E-state index in [4.69, 9.17) is 0 Å². The fraction of sp³-hybridized carbons (Fsp3) is 0.190. The first-order chi connectivity index (χ1) is 12.2. The Bertz CT molecular complexity index is 1070. The normalized spacial score (nSPS) is 11.5. The molecule has 0 aliphatic rings. The number of hydrogen-bond donors (Lipinski definition) is 0. The highest BCUT2D eigenvalue weighted by molar-refractivity contribution is 7.90. The molecule has 3 aromatic rings. The fourth-order valence-electron chi connectivity index (χ4n) is 3.02. The molecule has 0 saturated carbocycles. The molecule has 5 heteroatoms. The SMILES string of the molecule is Cc1ccc(C(=O)c2c(C)cc(C)n2S(=O)(=O)c2ccc(C)cc2)cc1. The van der Waals surface area contributed by atoms with Crippen molar-refractivity contribution in [2.24, 2.45) is 0 Å².